The Hall–Kier alpha value is -0.940. The zero-order valence-corrected chi connectivity index (χ0v) is 9.48. The molecule has 0 bridgehead atoms. The van der Waals surface area contributed by atoms with Gasteiger partial charge in [-0.05, 0) is 26.9 Å². The van der Waals surface area contributed by atoms with Crippen molar-refractivity contribution in [3.8, 4) is 0 Å². The zero-order chi connectivity index (χ0) is 10.8. The molecule has 1 fully saturated rings. The Morgan fingerprint density at radius 1 is 1.47 bits per heavy atom. The topological polar surface area (TPSA) is 60.0 Å². The van der Waals surface area contributed by atoms with E-state index in [0.717, 1.165) is 18.8 Å². The maximum Gasteiger partial charge on any atom is 0.0997 e. The van der Waals surface area contributed by atoms with Crippen LogP contribution in [0.2, 0.25) is 0 Å². The van der Waals surface area contributed by atoms with Crippen LogP contribution >= 0.6 is 0 Å². The second-order valence-corrected chi connectivity index (χ2v) is 4.43. The van der Waals surface area contributed by atoms with Crippen LogP contribution in [0.4, 0.5) is 0 Å². The van der Waals surface area contributed by atoms with Gasteiger partial charge in [-0.25, -0.2) is 4.68 Å². The van der Waals surface area contributed by atoms with Crippen LogP contribution in [-0.4, -0.2) is 40.5 Å². The molecule has 2 N–H and O–H groups in total. The van der Waals surface area contributed by atoms with Crippen molar-refractivity contribution >= 4 is 0 Å². The molecule has 1 aromatic rings. The van der Waals surface area contributed by atoms with Gasteiger partial charge in [0.15, 0.2) is 0 Å². The van der Waals surface area contributed by atoms with Crippen molar-refractivity contribution in [3.05, 3.63) is 11.4 Å². The van der Waals surface area contributed by atoms with Gasteiger partial charge in [-0.3, -0.25) is 0 Å². The van der Waals surface area contributed by atoms with Crippen LogP contribution in [0.15, 0.2) is 0 Å². The summed E-state index contributed by atoms with van der Waals surface area (Å²) in [6.45, 7) is 2.41. The highest BCUT2D eigenvalue weighted by molar-refractivity contribution is 5.20. The molecule has 0 unspecified atom stereocenters. The molecule has 0 spiro atoms. The van der Waals surface area contributed by atoms with Gasteiger partial charge in [-0.1, -0.05) is 5.21 Å². The Morgan fingerprint density at radius 2 is 2.20 bits per heavy atom. The lowest BCUT2D eigenvalue weighted by Crippen LogP contribution is -2.20. The van der Waals surface area contributed by atoms with Crippen molar-refractivity contribution in [1.82, 2.24) is 19.9 Å². The number of nitrogens with zero attached hydrogens (tertiary/aromatic N) is 4. The Morgan fingerprint density at radius 3 is 2.73 bits per heavy atom. The first kappa shape index (κ1) is 10.6. The maximum absolute atomic E-state index is 5.66. The molecule has 1 heterocycles. The summed E-state index contributed by atoms with van der Waals surface area (Å²) in [5, 5.41) is 8.32. The molecule has 1 aliphatic carbocycles. The van der Waals surface area contributed by atoms with Gasteiger partial charge >= 0.3 is 0 Å². The van der Waals surface area contributed by atoms with Crippen LogP contribution in [0.5, 0.6) is 0 Å². The van der Waals surface area contributed by atoms with Gasteiger partial charge in [0.05, 0.1) is 17.9 Å². The molecule has 2 rings (SSSR count). The maximum atomic E-state index is 5.66. The van der Waals surface area contributed by atoms with Crippen LogP contribution in [-0.2, 0) is 13.1 Å². The van der Waals surface area contributed by atoms with Gasteiger partial charge in [0.25, 0.3) is 0 Å². The fourth-order valence-electron chi connectivity index (χ4n) is 1.76. The molecule has 1 aliphatic rings. The van der Waals surface area contributed by atoms with Crippen molar-refractivity contribution in [2.45, 2.75) is 31.8 Å². The van der Waals surface area contributed by atoms with Gasteiger partial charge in [-0.2, -0.15) is 0 Å². The third-order valence-corrected chi connectivity index (χ3v) is 2.76. The quantitative estimate of drug-likeness (QED) is 0.751. The SMILES string of the molecule is CN(C)CCn1nnc(CN)c1C1CC1. The van der Waals surface area contributed by atoms with E-state index in [1.807, 2.05) is 4.68 Å². The smallest absolute Gasteiger partial charge is 0.0997 e. The van der Waals surface area contributed by atoms with E-state index >= 15 is 0 Å². The molecule has 5 nitrogen and oxygen atoms in total. The normalized spacial score (nSPS) is 16.3. The summed E-state index contributed by atoms with van der Waals surface area (Å²) >= 11 is 0. The van der Waals surface area contributed by atoms with Crippen molar-refractivity contribution in [1.29, 1.82) is 0 Å². The number of hydrogen-bond donors (Lipinski definition) is 1. The average Bonchev–Trinajstić information content (AvgIpc) is 2.96. The van der Waals surface area contributed by atoms with Crippen molar-refractivity contribution in [2.75, 3.05) is 20.6 Å². The van der Waals surface area contributed by atoms with E-state index in [9.17, 15) is 0 Å². The van der Waals surface area contributed by atoms with E-state index in [-0.39, 0.29) is 0 Å². The first-order valence-corrected chi connectivity index (χ1v) is 5.49. The molecule has 0 radical (unpaired) electrons. The molecule has 0 aliphatic heterocycles. The van der Waals surface area contributed by atoms with Crippen LogP contribution in [0, 0.1) is 0 Å². The minimum atomic E-state index is 0.508. The van der Waals surface area contributed by atoms with Crippen molar-refractivity contribution in [3.63, 3.8) is 0 Å². The largest absolute Gasteiger partial charge is 0.325 e. The van der Waals surface area contributed by atoms with E-state index in [4.69, 9.17) is 5.73 Å². The highest BCUT2D eigenvalue weighted by Gasteiger charge is 2.30. The predicted molar refractivity (Wildman–Crippen MR) is 58.4 cm³/mol. The number of likely N-dealkylation sites (N-methyl/N-ethyl adjacent to an activating group) is 1. The Kier molecular flexibility index (Phi) is 3.02. The molecule has 0 saturated heterocycles. The first-order chi connectivity index (χ1) is 7.22. The molecule has 84 valence electrons. The third kappa shape index (κ3) is 2.35. The van der Waals surface area contributed by atoms with E-state index in [1.165, 1.54) is 18.5 Å². The molecule has 15 heavy (non-hydrogen) atoms. The second-order valence-electron chi connectivity index (χ2n) is 4.43. The Balaban J connectivity index is 2.11. The second kappa shape index (κ2) is 4.28. The molecular formula is C10H19N5. The molecule has 0 aromatic carbocycles. The summed E-state index contributed by atoms with van der Waals surface area (Å²) in [7, 11) is 4.13. The van der Waals surface area contributed by atoms with Crippen molar-refractivity contribution < 1.29 is 0 Å². The molecular weight excluding hydrogens is 190 g/mol. The van der Waals surface area contributed by atoms with Crippen LogP contribution < -0.4 is 5.73 Å². The summed E-state index contributed by atoms with van der Waals surface area (Å²) in [6.07, 6.45) is 2.53. The third-order valence-electron chi connectivity index (χ3n) is 2.76. The molecule has 1 saturated carbocycles. The summed E-state index contributed by atoms with van der Waals surface area (Å²) < 4.78 is 2.03. The summed E-state index contributed by atoms with van der Waals surface area (Å²) in [4.78, 5) is 2.15. The highest BCUT2D eigenvalue weighted by atomic mass is 15.4. The predicted octanol–water partition coefficient (Wildman–Crippen LogP) is 0.176. The molecule has 0 amide bonds. The highest BCUT2D eigenvalue weighted by Crippen LogP contribution is 2.40. The molecule has 0 atom stereocenters. The van der Waals surface area contributed by atoms with Gasteiger partial charge in [0, 0.05) is 19.0 Å². The van der Waals surface area contributed by atoms with Crippen molar-refractivity contribution in [2.24, 2.45) is 5.73 Å². The van der Waals surface area contributed by atoms with Gasteiger partial charge < -0.3 is 10.6 Å². The fourth-order valence-corrected chi connectivity index (χ4v) is 1.76. The standard InChI is InChI=1S/C10H19N5/c1-14(2)5-6-15-10(8-3-4-8)9(7-11)12-13-15/h8H,3-7,11H2,1-2H3. The van der Waals surface area contributed by atoms with Gasteiger partial charge in [0.2, 0.25) is 0 Å². The van der Waals surface area contributed by atoms with E-state index in [2.05, 4.69) is 29.3 Å². The van der Waals surface area contributed by atoms with E-state index in [0.29, 0.717) is 12.5 Å². The Bertz CT molecular complexity index is 327. The average molecular weight is 209 g/mol. The number of nitrogens with two attached hydrogens (primary N) is 1. The lowest BCUT2D eigenvalue weighted by Gasteiger charge is -2.11. The number of aromatic nitrogens is 3. The van der Waals surface area contributed by atoms with Gasteiger partial charge in [0.1, 0.15) is 0 Å². The lowest BCUT2D eigenvalue weighted by atomic mass is 10.2. The van der Waals surface area contributed by atoms with E-state index in [1.54, 1.807) is 0 Å². The summed E-state index contributed by atoms with van der Waals surface area (Å²) in [5.74, 6) is 0.667. The Labute approximate surface area is 90.2 Å². The first-order valence-electron chi connectivity index (χ1n) is 5.49. The van der Waals surface area contributed by atoms with E-state index < -0.39 is 0 Å². The number of rotatable bonds is 5. The number of hydrogen-bond acceptors (Lipinski definition) is 4. The molecule has 1 aromatic heterocycles. The minimum Gasteiger partial charge on any atom is -0.325 e. The van der Waals surface area contributed by atoms with Crippen LogP contribution in [0.25, 0.3) is 0 Å². The summed E-state index contributed by atoms with van der Waals surface area (Å²) in [6, 6.07) is 0. The summed E-state index contributed by atoms with van der Waals surface area (Å²) in [5.41, 5.74) is 7.92. The van der Waals surface area contributed by atoms with Crippen LogP contribution in [0.1, 0.15) is 30.1 Å². The van der Waals surface area contributed by atoms with Gasteiger partial charge in [-0.15, -0.1) is 5.10 Å². The lowest BCUT2D eigenvalue weighted by molar-refractivity contribution is 0.366. The minimum absolute atomic E-state index is 0.508. The van der Waals surface area contributed by atoms with Crippen LogP contribution in [0.3, 0.4) is 0 Å². The fraction of sp³-hybridized carbons (Fsp3) is 0.800. The zero-order valence-electron chi connectivity index (χ0n) is 9.48. The molecule has 5 heteroatoms. The monoisotopic (exact) mass is 209 g/mol.